The van der Waals surface area contributed by atoms with Gasteiger partial charge in [0.25, 0.3) is 0 Å². The third kappa shape index (κ3) is 2.88. The van der Waals surface area contributed by atoms with Gasteiger partial charge in [-0.05, 0) is 41.9 Å². The Morgan fingerprint density at radius 2 is 2.05 bits per heavy atom. The van der Waals surface area contributed by atoms with Gasteiger partial charge in [-0.2, -0.15) is 5.10 Å². The molecule has 1 heterocycles. The van der Waals surface area contributed by atoms with Crippen molar-refractivity contribution in [1.29, 1.82) is 0 Å². The molecule has 104 valence electrons. The number of fused-ring (bicyclic) bond motifs is 1. The van der Waals surface area contributed by atoms with Crippen LogP contribution in [0.1, 0.15) is 19.9 Å². The summed E-state index contributed by atoms with van der Waals surface area (Å²) in [5, 5.41) is 5.36. The molecule has 0 amide bonds. The van der Waals surface area contributed by atoms with Crippen molar-refractivity contribution in [2.24, 2.45) is 0 Å². The molecule has 2 aromatic rings. The molecule has 5 nitrogen and oxygen atoms in total. The summed E-state index contributed by atoms with van der Waals surface area (Å²) in [5.41, 5.74) is 0.772. The molecule has 0 aliphatic heterocycles. The van der Waals surface area contributed by atoms with Gasteiger partial charge < -0.3 is 0 Å². The fraction of sp³-hybridized carbons (Fsp3) is 0.364. The van der Waals surface area contributed by atoms with Crippen molar-refractivity contribution >= 4 is 54.3 Å². The number of anilines is 1. The molecule has 0 saturated heterocycles. The zero-order valence-corrected chi connectivity index (χ0v) is 13.8. The van der Waals surface area contributed by atoms with Crippen LogP contribution in [0.3, 0.4) is 0 Å². The molecule has 0 aliphatic rings. The van der Waals surface area contributed by atoms with Gasteiger partial charge in [-0.3, -0.25) is 9.40 Å². The van der Waals surface area contributed by atoms with Crippen LogP contribution in [0.4, 0.5) is 5.82 Å². The van der Waals surface area contributed by atoms with Crippen LogP contribution in [0, 0.1) is 0 Å². The van der Waals surface area contributed by atoms with Gasteiger partial charge in [-0.1, -0.05) is 11.6 Å². The number of nitrogens with one attached hydrogen (secondary N) is 1. The molecule has 0 fully saturated rings. The largest absolute Gasteiger partial charge is 0.266 e. The van der Waals surface area contributed by atoms with E-state index in [9.17, 15) is 8.42 Å². The molecule has 8 heteroatoms. The van der Waals surface area contributed by atoms with Crippen LogP contribution in [-0.2, 0) is 10.0 Å². The molecule has 0 bridgehead atoms. The maximum Gasteiger partial charge on any atom is 0.231 e. The van der Waals surface area contributed by atoms with Crippen LogP contribution in [-0.4, -0.2) is 24.5 Å². The van der Waals surface area contributed by atoms with Gasteiger partial charge in [-0.15, -0.1) is 0 Å². The minimum absolute atomic E-state index is 0.0763. The third-order valence-electron chi connectivity index (χ3n) is 2.52. The highest BCUT2D eigenvalue weighted by Gasteiger charge is 2.19. The van der Waals surface area contributed by atoms with Crippen molar-refractivity contribution in [3.8, 4) is 0 Å². The van der Waals surface area contributed by atoms with Gasteiger partial charge in [-0.25, -0.2) is 8.42 Å². The highest BCUT2D eigenvalue weighted by atomic mass is 79.9. The first-order valence-corrected chi connectivity index (χ1v) is 8.61. The number of nitrogens with zero attached hydrogens (tertiary/aromatic N) is 2. The van der Waals surface area contributed by atoms with Gasteiger partial charge in [0.05, 0.1) is 22.2 Å². The number of aromatic nitrogens is 2. The predicted molar refractivity (Wildman–Crippen MR) is 81.3 cm³/mol. The summed E-state index contributed by atoms with van der Waals surface area (Å²) in [6, 6.07) is 3.59. The smallest absolute Gasteiger partial charge is 0.231 e. The Morgan fingerprint density at radius 1 is 1.42 bits per heavy atom. The summed E-state index contributed by atoms with van der Waals surface area (Å²) in [7, 11) is -3.41. The second-order valence-electron chi connectivity index (χ2n) is 4.51. The fourth-order valence-corrected chi connectivity index (χ4v) is 3.07. The zero-order valence-electron chi connectivity index (χ0n) is 10.6. The van der Waals surface area contributed by atoms with E-state index in [4.69, 9.17) is 11.6 Å². The van der Waals surface area contributed by atoms with Gasteiger partial charge in [0.15, 0.2) is 5.82 Å². The lowest BCUT2D eigenvalue weighted by atomic mass is 10.2. The SMILES string of the molecule is CC(C)n1nc(NS(C)(=O)=O)c2c(Cl)ccc(Br)c21. The van der Waals surface area contributed by atoms with E-state index >= 15 is 0 Å². The van der Waals surface area contributed by atoms with Gasteiger partial charge in [0.1, 0.15) is 0 Å². The Morgan fingerprint density at radius 3 is 2.58 bits per heavy atom. The number of sulfonamides is 1. The summed E-state index contributed by atoms with van der Waals surface area (Å²) in [6.45, 7) is 3.92. The van der Waals surface area contributed by atoms with E-state index in [2.05, 4.69) is 25.8 Å². The molecule has 0 unspecified atom stereocenters. The van der Waals surface area contributed by atoms with Crippen LogP contribution in [0.25, 0.3) is 10.9 Å². The highest BCUT2D eigenvalue weighted by molar-refractivity contribution is 9.10. The van der Waals surface area contributed by atoms with E-state index in [1.807, 2.05) is 19.9 Å². The molecule has 0 aliphatic carbocycles. The quantitative estimate of drug-likeness (QED) is 0.905. The highest BCUT2D eigenvalue weighted by Crippen LogP contribution is 2.36. The first-order chi connectivity index (χ1) is 8.70. The molecule has 2 rings (SSSR count). The van der Waals surface area contributed by atoms with Crippen LogP contribution >= 0.6 is 27.5 Å². The van der Waals surface area contributed by atoms with Gasteiger partial charge >= 0.3 is 0 Å². The van der Waals surface area contributed by atoms with E-state index in [0.29, 0.717) is 10.4 Å². The lowest BCUT2D eigenvalue weighted by molar-refractivity contribution is 0.552. The molecule has 0 spiro atoms. The van der Waals surface area contributed by atoms with E-state index in [1.165, 1.54) is 0 Å². The number of benzene rings is 1. The van der Waals surface area contributed by atoms with Gasteiger partial charge in [0, 0.05) is 10.5 Å². The maximum absolute atomic E-state index is 11.4. The molecular formula is C11H13BrClN3O2S. The topological polar surface area (TPSA) is 64.0 Å². The van der Waals surface area contributed by atoms with E-state index in [0.717, 1.165) is 16.2 Å². The minimum atomic E-state index is -3.41. The third-order valence-corrected chi connectivity index (χ3v) is 4.04. The molecular weight excluding hydrogens is 354 g/mol. The molecule has 1 N–H and O–H groups in total. The normalized spacial score (nSPS) is 12.3. The Bertz CT molecular complexity index is 740. The molecule has 0 saturated carbocycles. The molecule has 19 heavy (non-hydrogen) atoms. The summed E-state index contributed by atoms with van der Waals surface area (Å²) >= 11 is 9.62. The predicted octanol–water partition coefficient (Wildman–Crippen LogP) is 3.40. The van der Waals surface area contributed by atoms with Crippen molar-refractivity contribution in [2.45, 2.75) is 19.9 Å². The van der Waals surface area contributed by atoms with Gasteiger partial charge in [0.2, 0.25) is 10.0 Å². The Labute approximate surface area is 125 Å². The van der Waals surface area contributed by atoms with Crippen molar-refractivity contribution < 1.29 is 8.42 Å². The Hall–Kier alpha value is -0.790. The summed E-state index contributed by atoms with van der Waals surface area (Å²) in [6.07, 6.45) is 1.08. The monoisotopic (exact) mass is 365 g/mol. The first kappa shape index (κ1) is 14.6. The van der Waals surface area contributed by atoms with Crippen molar-refractivity contribution in [3.05, 3.63) is 21.6 Å². The van der Waals surface area contributed by atoms with Crippen LogP contribution in [0.2, 0.25) is 5.02 Å². The number of hydrogen-bond acceptors (Lipinski definition) is 3. The van der Waals surface area contributed by atoms with Crippen LogP contribution in [0.5, 0.6) is 0 Å². The standard InChI is InChI=1S/C11H13BrClN3O2S/c1-6(2)16-10-7(12)4-5-8(13)9(10)11(14-16)15-19(3,17)18/h4-6H,1-3H3,(H,14,15). The molecule has 0 atom stereocenters. The Balaban J connectivity index is 2.82. The first-order valence-electron chi connectivity index (χ1n) is 5.54. The van der Waals surface area contributed by atoms with Crippen molar-refractivity contribution in [2.75, 3.05) is 11.0 Å². The van der Waals surface area contributed by atoms with Crippen molar-refractivity contribution in [3.63, 3.8) is 0 Å². The molecule has 1 aromatic heterocycles. The zero-order chi connectivity index (χ0) is 14.4. The number of rotatable bonds is 3. The average molecular weight is 367 g/mol. The van der Waals surface area contributed by atoms with Crippen LogP contribution < -0.4 is 4.72 Å². The summed E-state index contributed by atoms with van der Waals surface area (Å²) in [5.74, 6) is 0.248. The van der Waals surface area contributed by atoms with Crippen LogP contribution in [0.15, 0.2) is 16.6 Å². The summed E-state index contributed by atoms with van der Waals surface area (Å²) < 4.78 is 27.8. The van der Waals surface area contributed by atoms with E-state index < -0.39 is 10.0 Å². The second kappa shape index (κ2) is 4.96. The maximum atomic E-state index is 11.4. The fourth-order valence-electron chi connectivity index (χ4n) is 1.82. The number of halogens is 2. The lowest BCUT2D eigenvalue weighted by Crippen LogP contribution is -2.11. The molecule has 1 aromatic carbocycles. The lowest BCUT2D eigenvalue weighted by Gasteiger charge is -2.08. The van der Waals surface area contributed by atoms with Crippen molar-refractivity contribution in [1.82, 2.24) is 9.78 Å². The minimum Gasteiger partial charge on any atom is -0.266 e. The van der Waals surface area contributed by atoms with E-state index in [-0.39, 0.29) is 11.9 Å². The number of hydrogen-bond donors (Lipinski definition) is 1. The summed E-state index contributed by atoms with van der Waals surface area (Å²) in [4.78, 5) is 0. The Kier molecular flexibility index (Phi) is 3.81. The molecule has 0 radical (unpaired) electrons. The second-order valence-corrected chi connectivity index (χ2v) is 7.52. The average Bonchev–Trinajstić information content (AvgIpc) is 2.62. The van der Waals surface area contributed by atoms with E-state index in [1.54, 1.807) is 10.7 Å².